The van der Waals surface area contributed by atoms with Crippen molar-refractivity contribution >= 4 is 11.8 Å². The highest BCUT2D eigenvalue weighted by atomic mass is 16.5. The summed E-state index contributed by atoms with van der Waals surface area (Å²) in [5.41, 5.74) is 2.89. The summed E-state index contributed by atoms with van der Waals surface area (Å²) in [4.78, 5) is 31.2. The number of nitrogens with one attached hydrogen (secondary N) is 2. The van der Waals surface area contributed by atoms with Crippen molar-refractivity contribution in [2.24, 2.45) is 0 Å². The molecule has 2 fully saturated rings. The van der Waals surface area contributed by atoms with Gasteiger partial charge in [-0.15, -0.1) is 0 Å². The quantitative estimate of drug-likeness (QED) is 0.697. The van der Waals surface area contributed by atoms with E-state index in [1.54, 1.807) is 13.2 Å². The van der Waals surface area contributed by atoms with Crippen molar-refractivity contribution < 1.29 is 14.3 Å². The maximum absolute atomic E-state index is 12.2. The summed E-state index contributed by atoms with van der Waals surface area (Å²) in [6.07, 6.45) is 6.61. The van der Waals surface area contributed by atoms with Crippen molar-refractivity contribution in [2.75, 3.05) is 26.7 Å². The Morgan fingerprint density at radius 2 is 1.91 bits per heavy atom. The summed E-state index contributed by atoms with van der Waals surface area (Å²) < 4.78 is 5.15. The Morgan fingerprint density at radius 3 is 2.56 bits per heavy atom. The number of rotatable bonds is 7. The lowest BCUT2D eigenvalue weighted by molar-refractivity contribution is -0.122. The second-order valence-corrected chi connectivity index (χ2v) is 8.91. The third-order valence-corrected chi connectivity index (χ3v) is 6.62. The van der Waals surface area contributed by atoms with Gasteiger partial charge in [0.15, 0.2) is 0 Å². The first-order valence-corrected chi connectivity index (χ1v) is 11.4. The van der Waals surface area contributed by atoms with Gasteiger partial charge in [-0.05, 0) is 56.2 Å². The van der Waals surface area contributed by atoms with Crippen molar-refractivity contribution in [3.8, 4) is 5.88 Å². The molecule has 1 saturated heterocycles. The molecule has 2 aliphatic rings. The van der Waals surface area contributed by atoms with E-state index in [1.807, 2.05) is 37.4 Å². The van der Waals surface area contributed by atoms with Crippen LogP contribution in [0, 0.1) is 6.92 Å². The number of aryl methyl sites for hydroxylation is 1. The van der Waals surface area contributed by atoms with Crippen molar-refractivity contribution in [1.82, 2.24) is 20.5 Å². The van der Waals surface area contributed by atoms with Gasteiger partial charge in [-0.2, -0.15) is 0 Å². The minimum Gasteiger partial charge on any atom is -0.481 e. The average Bonchev–Trinajstić information content (AvgIpc) is 2.80. The zero-order valence-electron chi connectivity index (χ0n) is 18.8. The van der Waals surface area contributed by atoms with Crippen LogP contribution in [-0.4, -0.2) is 60.5 Å². The molecule has 7 nitrogen and oxygen atoms in total. The third-order valence-electron chi connectivity index (χ3n) is 6.62. The molecule has 0 spiro atoms. The van der Waals surface area contributed by atoms with Crippen molar-refractivity contribution in [2.45, 2.75) is 50.6 Å². The molecule has 0 radical (unpaired) electrons. The normalized spacial score (nSPS) is 21.4. The zero-order chi connectivity index (χ0) is 22.5. The predicted molar refractivity (Wildman–Crippen MR) is 123 cm³/mol. The zero-order valence-corrected chi connectivity index (χ0v) is 18.8. The van der Waals surface area contributed by atoms with E-state index in [2.05, 4.69) is 26.6 Å². The Labute approximate surface area is 189 Å². The second-order valence-electron chi connectivity index (χ2n) is 8.91. The molecule has 0 bridgehead atoms. The number of carbonyl (C=O) groups is 2. The summed E-state index contributed by atoms with van der Waals surface area (Å²) in [7, 11) is 1.64. The molecule has 1 saturated carbocycles. The molecular weight excluding hydrogens is 404 g/mol. The van der Waals surface area contributed by atoms with Crippen LogP contribution in [0.1, 0.15) is 53.1 Å². The fourth-order valence-electron chi connectivity index (χ4n) is 4.76. The van der Waals surface area contributed by atoms with Crippen LogP contribution in [0.5, 0.6) is 5.88 Å². The molecule has 2 aromatic rings. The van der Waals surface area contributed by atoms with E-state index in [-0.39, 0.29) is 24.4 Å². The maximum Gasteiger partial charge on any atom is 0.251 e. The van der Waals surface area contributed by atoms with Gasteiger partial charge in [-0.3, -0.25) is 14.5 Å². The highest BCUT2D eigenvalue weighted by Crippen LogP contribution is 2.36. The first kappa shape index (κ1) is 22.3. The number of carbonyl (C=O) groups excluding carboxylic acids is 2. The largest absolute Gasteiger partial charge is 0.481 e. The van der Waals surface area contributed by atoms with Gasteiger partial charge in [-0.1, -0.05) is 23.8 Å². The van der Waals surface area contributed by atoms with E-state index in [0.717, 1.165) is 31.5 Å². The van der Waals surface area contributed by atoms with E-state index in [9.17, 15) is 9.59 Å². The first-order valence-electron chi connectivity index (χ1n) is 11.4. The molecule has 4 rings (SSSR count). The van der Waals surface area contributed by atoms with E-state index < -0.39 is 0 Å². The molecule has 2 amide bonds. The van der Waals surface area contributed by atoms with Crippen LogP contribution >= 0.6 is 0 Å². The summed E-state index contributed by atoms with van der Waals surface area (Å²) in [6.45, 7) is 3.72. The summed E-state index contributed by atoms with van der Waals surface area (Å²) >= 11 is 0. The lowest BCUT2D eigenvalue weighted by Gasteiger charge is -2.46. The number of methoxy groups -OCH3 is 1. The van der Waals surface area contributed by atoms with Gasteiger partial charge in [0.25, 0.3) is 5.91 Å². The molecule has 32 heavy (non-hydrogen) atoms. The van der Waals surface area contributed by atoms with Gasteiger partial charge in [0.1, 0.15) is 0 Å². The number of ether oxygens (including phenoxy) is 1. The van der Waals surface area contributed by atoms with E-state index in [4.69, 9.17) is 4.74 Å². The highest BCUT2D eigenvalue weighted by Gasteiger charge is 2.35. The fraction of sp³-hybridized carbons (Fsp3) is 0.480. The van der Waals surface area contributed by atoms with Crippen LogP contribution < -0.4 is 15.4 Å². The Balaban J connectivity index is 1.14. The molecular formula is C25H32N4O3. The topological polar surface area (TPSA) is 83.6 Å². The van der Waals surface area contributed by atoms with Gasteiger partial charge < -0.3 is 15.4 Å². The van der Waals surface area contributed by atoms with Gasteiger partial charge in [0, 0.05) is 37.0 Å². The smallest absolute Gasteiger partial charge is 0.251 e. The standard InChI is InChI=1S/C25H32N4O3/c1-17-4-3-5-19(12-17)25(31)27-14-23(30)28-21-15-29(16-21)22-9-6-18(7-10-22)20-8-11-24(32-2)26-13-20/h3-5,8,11-13,18,21-22H,6-7,9-10,14-16H2,1-2H3,(H,27,31)(H,28,30). The minimum absolute atomic E-state index is 0.00425. The molecule has 1 aliphatic carbocycles. The van der Waals surface area contributed by atoms with Crippen LogP contribution in [0.15, 0.2) is 42.6 Å². The molecule has 1 aromatic carbocycles. The molecule has 7 heteroatoms. The fourth-order valence-corrected chi connectivity index (χ4v) is 4.76. The predicted octanol–water partition coefficient (Wildman–Crippen LogP) is 2.66. The summed E-state index contributed by atoms with van der Waals surface area (Å²) in [6, 6.07) is 12.2. The Kier molecular flexibility index (Phi) is 7.05. The van der Waals surface area contributed by atoms with Crippen molar-refractivity contribution in [3.63, 3.8) is 0 Å². The minimum atomic E-state index is -0.220. The Hall–Kier alpha value is -2.93. The second kappa shape index (κ2) is 10.1. The monoisotopic (exact) mass is 436 g/mol. The lowest BCUT2D eigenvalue weighted by atomic mass is 9.81. The Morgan fingerprint density at radius 1 is 1.12 bits per heavy atom. The molecule has 1 aliphatic heterocycles. The number of pyridine rings is 1. The molecule has 0 unspecified atom stereocenters. The molecule has 2 N–H and O–H groups in total. The number of likely N-dealkylation sites (tertiary alicyclic amines) is 1. The molecule has 0 atom stereocenters. The van der Waals surface area contributed by atoms with Crippen LogP contribution in [0.2, 0.25) is 0 Å². The number of aromatic nitrogens is 1. The number of amides is 2. The SMILES string of the molecule is COc1ccc(C2CCC(N3CC(NC(=O)CNC(=O)c4cccc(C)c4)C3)CC2)cn1. The number of benzene rings is 1. The van der Waals surface area contributed by atoms with E-state index >= 15 is 0 Å². The number of hydrogen-bond donors (Lipinski definition) is 2. The lowest BCUT2D eigenvalue weighted by Crippen LogP contribution is -2.63. The van der Waals surface area contributed by atoms with Gasteiger partial charge in [0.2, 0.25) is 11.8 Å². The van der Waals surface area contributed by atoms with Gasteiger partial charge >= 0.3 is 0 Å². The Bertz CT molecular complexity index is 932. The van der Waals surface area contributed by atoms with Crippen molar-refractivity contribution in [3.05, 3.63) is 59.3 Å². The number of nitrogens with zero attached hydrogens (tertiary/aromatic N) is 2. The third kappa shape index (κ3) is 5.46. The van der Waals surface area contributed by atoms with Gasteiger partial charge in [0.05, 0.1) is 19.7 Å². The van der Waals surface area contributed by atoms with Crippen LogP contribution in [-0.2, 0) is 4.79 Å². The molecule has 2 heterocycles. The van der Waals surface area contributed by atoms with Crippen LogP contribution in [0.4, 0.5) is 0 Å². The maximum atomic E-state index is 12.2. The van der Waals surface area contributed by atoms with Gasteiger partial charge in [-0.25, -0.2) is 4.98 Å². The average molecular weight is 437 g/mol. The highest BCUT2D eigenvalue weighted by molar-refractivity contribution is 5.96. The van der Waals surface area contributed by atoms with Crippen LogP contribution in [0.25, 0.3) is 0 Å². The first-order chi connectivity index (χ1) is 15.5. The molecule has 1 aromatic heterocycles. The van der Waals surface area contributed by atoms with E-state index in [1.165, 1.54) is 18.4 Å². The molecule has 170 valence electrons. The number of hydrogen-bond acceptors (Lipinski definition) is 5. The summed E-state index contributed by atoms with van der Waals surface area (Å²) in [5.74, 6) is 0.874. The van der Waals surface area contributed by atoms with Crippen molar-refractivity contribution in [1.29, 1.82) is 0 Å². The van der Waals surface area contributed by atoms with E-state index in [0.29, 0.717) is 23.4 Å². The van der Waals surface area contributed by atoms with Crippen LogP contribution in [0.3, 0.4) is 0 Å². The summed E-state index contributed by atoms with van der Waals surface area (Å²) in [5, 5.41) is 5.74.